The third-order valence-corrected chi connectivity index (χ3v) is 5.21. The second-order valence-corrected chi connectivity index (χ2v) is 7.10. The van der Waals surface area contributed by atoms with Crippen LogP contribution in [0.3, 0.4) is 0 Å². The third kappa shape index (κ3) is 3.64. The molecule has 6 heteroatoms. The molecular formula is C18H21N3O2S. The maximum Gasteiger partial charge on any atom is 0.251 e. The highest BCUT2D eigenvalue weighted by Crippen LogP contribution is 2.27. The first kappa shape index (κ1) is 16.6. The molecule has 24 heavy (non-hydrogen) atoms. The molecule has 0 spiro atoms. The smallest absolute Gasteiger partial charge is 0.251 e. The summed E-state index contributed by atoms with van der Waals surface area (Å²) in [6.07, 6.45) is 1.62. The largest absolute Gasteiger partial charge is 0.390 e. The molecule has 0 radical (unpaired) electrons. The van der Waals surface area contributed by atoms with Crippen LogP contribution in [0, 0.1) is 13.8 Å². The van der Waals surface area contributed by atoms with Crippen molar-refractivity contribution in [2.75, 3.05) is 6.54 Å². The number of hydrogen-bond acceptors (Lipinski definition) is 5. The molecule has 0 saturated carbocycles. The number of benzene rings is 1. The Kier molecular flexibility index (Phi) is 4.94. The molecule has 1 N–H and O–H groups in total. The third-order valence-electron chi connectivity index (χ3n) is 4.09. The summed E-state index contributed by atoms with van der Waals surface area (Å²) in [6.45, 7) is 6.57. The van der Waals surface area contributed by atoms with Gasteiger partial charge in [-0.3, -0.25) is 4.79 Å². The second kappa shape index (κ2) is 7.13. The molecule has 0 bridgehead atoms. The van der Waals surface area contributed by atoms with Crippen LogP contribution in [0.4, 0.5) is 0 Å². The van der Waals surface area contributed by atoms with Crippen LogP contribution in [0.25, 0.3) is 10.6 Å². The van der Waals surface area contributed by atoms with Crippen molar-refractivity contribution < 1.29 is 9.63 Å². The maximum absolute atomic E-state index is 12.4. The van der Waals surface area contributed by atoms with Gasteiger partial charge in [0.1, 0.15) is 11.1 Å². The number of aryl methyl sites for hydroxylation is 2. The number of aromatic nitrogens is 1. The van der Waals surface area contributed by atoms with E-state index in [1.54, 1.807) is 11.3 Å². The van der Waals surface area contributed by atoms with Gasteiger partial charge in [-0.05, 0) is 32.4 Å². The van der Waals surface area contributed by atoms with Gasteiger partial charge in [0.2, 0.25) is 0 Å². The Morgan fingerprint density at radius 3 is 2.92 bits per heavy atom. The zero-order chi connectivity index (χ0) is 17.1. The summed E-state index contributed by atoms with van der Waals surface area (Å²) < 4.78 is 0. The number of nitrogens with one attached hydrogen (secondary N) is 1. The highest BCUT2D eigenvalue weighted by atomic mass is 32.1. The standard InChI is InChI=1S/C18H21N3O2S/c1-4-15-9-16(23-21-15)10-19-17(22)13-6-5-7-14(8-13)18-20-11(2)12(3)24-18/h5-8,16H,4,9-10H2,1-3H3,(H,19,22). The quantitative estimate of drug-likeness (QED) is 0.900. The minimum Gasteiger partial charge on any atom is -0.390 e. The molecule has 0 aliphatic carbocycles. The minimum atomic E-state index is -0.101. The fourth-order valence-electron chi connectivity index (χ4n) is 2.50. The molecular weight excluding hydrogens is 322 g/mol. The Morgan fingerprint density at radius 2 is 2.25 bits per heavy atom. The van der Waals surface area contributed by atoms with E-state index < -0.39 is 0 Å². The normalized spacial score (nSPS) is 16.6. The first-order valence-electron chi connectivity index (χ1n) is 8.11. The van der Waals surface area contributed by atoms with Crippen LogP contribution in [0.5, 0.6) is 0 Å². The fraction of sp³-hybridized carbons (Fsp3) is 0.389. The number of rotatable bonds is 5. The molecule has 1 amide bonds. The van der Waals surface area contributed by atoms with Gasteiger partial charge in [0.05, 0.1) is 18.0 Å². The van der Waals surface area contributed by atoms with Gasteiger partial charge in [-0.15, -0.1) is 11.3 Å². The SMILES string of the molecule is CCC1=NOC(CNC(=O)c2cccc(-c3nc(C)c(C)s3)c2)C1. The topological polar surface area (TPSA) is 63.6 Å². The number of hydrogen-bond donors (Lipinski definition) is 1. The van der Waals surface area contributed by atoms with Crippen molar-refractivity contribution in [3.63, 3.8) is 0 Å². The van der Waals surface area contributed by atoms with Crippen LogP contribution < -0.4 is 5.32 Å². The molecule has 126 valence electrons. The Morgan fingerprint density at radius 1 is 1.42 bits per heavy atom. The monoisotopic (exact) mass is 343 g/mol. The number of thiazole rings is 1. The lowest BCUT2D eigenvalue weighted by molar-refractivity contribution is 0.0753. The van der Waals surface area contributed by atoms with E-state index in [9.17, 15) is 4.79 Å². The van der Waals surface area contributed by atoms with Gasteiger partial charge in [-0.2, -0.15) is 0 Å². The van der Waals surface area contributed by atoms with E-state index in [0.29, 0.717) is 12.1 Å². The molecule has 1 aromatic heterocycles. The predicted molar refractivity (Wildman–Crippen MR) is 96.6 cm³/mol. The van der Waals surface area contributed by atoms with Crippen LogP contribution in [-0.2, 0) is 4.84 Å². The lowest BCUT2D eigenvalue weighted by Crippen LogP contribution is -2.32. The number of nitrogens with zero attached hydrogens (tertiary/aromatic N) is 2. The van der Waals surface area contributed by atoms with Crippen LogP contribution in [-0.4, -0.2) is 29.3 Å². The van der Waals surface area contributed by atoms with E-state index in [0.717, 1.165) is 34.8 Å². The number of oxime groups is 1. The number of carbonyl (C=O) groups excluding carboxylic acids is 1. The van der Waals surface area contributed by atoms with E-state index in [1.165, 1.54) is 4.88 Å². The summed E-state index contributed by atoms with van der Waals surface area (Å²) in [5.74, 6) is -0.101. The molecule has 2 aromatic rings. The zero-order valence-electron chi connectivity index (χ0n) is 14.1. The van der Waals surface area contributed by atoms with E-state index in [1.807, 2.05) is 31.2 Å². The van der Waals surface area contributed by atoms with Gasteiger partial charge in [-0.1, -0.05) is 24.2 Å². The van der Waals surface area contributed by atoms with E-state index in [2.05, 4.69) is 29.3 Å². The molecule has 2 heterocycles. The summed E-state index contributed by atoms with van der Waals surface area (Å²) in [4.78, 5) is 23.5. The maximum atomic E-state index is 12.4. The minimum absolute atomic E-state index is 0.0589. The Bertz CT molecular complexity index is 763. The van der Waals surface area contributed by atoms with E-state index in [-0.39, 0.29) is 12.0 Å². The van der Waals surface area contributed by atoms with E-state index in [4.69, 9.17) is 4.84 Å². The first-order chi connectivity index (χ1) is 11.6. The van der Waals surface area contributed by atoms with Crippen molar-refractivity contribution >= 4 is 23.0 Å². The fourth-order valence-corrected chi connectivity index (χ4v) is 3.41. The van der Waals surface area contributed by atoms with Gasteiger partial charge < -0.3 is 10.2 Å². The van der Waals surface area contributed by atoms with Gasteiger partial charge in [-0.25, -0.2) is 4.98 Å². The predicted octanol–water partition coefficient (Wildman–Crippen LogP) is 3.71. The summed E-state index contributed by atoms with van der Waals surface area (Å²) in [7, 11) is 0. The Hall–Kier alpha value is -2.21. The van der Waals surface area contributed by atoms with Gasteiger partial charge in [0.15, 0.2) is 0 Å². The van der Waals surface area contributed by atoms with Crippen LogP contribution in [0.1, 0.15) is 40.7 Å². The van der Waals surface area contributed by atoms with Crippen molar-refractivity contribution in [2.45, 2.75) is 39.7 Å². The summed E-state index contributed by atoms with van der Waals surface area (Å²) in [5.41, 5.74) is 3.69. The van der Waals surface area contributed by atoms with Gasteiger partial charge >= 0.3 is 0 Å². The highest BCUT2D eigenvalue weighted by Gasteiger charge is 2.20. The number of carbonyl (C=O) groups is 1. The molecule has 1 aliphatic rings. The van der Waals surface area contributed by atoms with Crippen molar-refractivity contribution in [3.8, 4) is 10.6 Å². The van der Waals surface area contributed by atoms with Crippen molar-refractivity contribution in [2.24, 2.45) is 5.16 Å². The van der Waals surface area contributed by atoms with Gasteiger partial charge in [0.25, 0.3) is 5.91 Å². The summed E-state index contributed by atoms with van der Waals surface area (Å²) >= 11 is 1.65. The average Bonchev–Trinajstić information content (AvgIpc) is 3.19. The Labute approximate surface area is 145 Å². The van der Waals surface area contributed by atoms with Crippen molar-refractivity contribution in [1.29, 1.82) is 0 Å². The zero-order valence-corrected chi connectivity index (χ0v) is 14.9. The van der Waals surface area contributed by atoms with Crippen LogP contribution >= 0.6 is 11.3 Å². The van der Waals surface area contributed by atoms with E-state index >= 15 is 0 Å². The molecule has 3 rings (SSSR count). The van der Waals surface area contributed by atoms with Crippen molar-refractivity contribution in [3.05, 3.63) is 40.4 Å². The highest BCUT2D eigenvalue weighted by molar-refractivity contribution is 7.15. The molecule has 5 nitrogen and oxygen atoms in total. The lowest BCUT2D eigenvalue weighted by Gasteiger charge is -2.10. The molecule has 0 fully saturated rings. The lowest BCUT2D eigenvalue weighted by atomic mass is 10.1. The van der Waals surface area contributed by atoms with Gasteiger partial charge in [0, 0.05) is 22.4 Å². The summed E-state index contributed by atoms with van der Waals surface area (Å²) in [6, 6.07) is 7.57. The number of amides is 1. The molecule has 1 aliphatic heterocycles. The second-order valence-electron chi connectivity index (χ2n) is 5.89. The molecule has 1 aromatic carbocycles. The van der Waals surface area contributed by atoms with Crippen LogP contribution in [0.15, 0.2) is 29.4 Å². The average molecular weight is 343 g/mol. The molecule has 1 atom stereocenters. The Balaban J connectivity index is 1.64. The summed E-state index contributed by atoms with van der Waals surface area (Å²) in [5, 5.41) is 7.88. The first-order valence-corrected chi connectivity index (χ1v) is 8.92. The molecule has 1 unspecified atom stereocenters. The van der Waals surface area contributed by atoms with Crippen LogP contribution in [0.2, 0.25) is 0 Å². The van der Waals surface area contributed by atoms with Crippen molar-refractivity contribution in [1.82, 2.24) is 10.3 Å². The molecule has 0 saturated heterocycles.